The first-order valence-corrected chi connectivity index (χ1v) is 9.66. The van der Waals surface area contributed by atoms with E-state index in [0.29, 0.717) is 11.3 Å². The number of nitrogens with zero attached hydrogens (tertiary/aromatic N) is 4. The van der Waals surface area contributed by atoms with Gasteiger partial charge in [0.15, 0.2) is 0 Å². The van der Waals surface area contributed by atoms with Crippen molar-refractivity contribution in [2.45, 2.75) is 6.61 Å². The van der Waals surface area contributed by atoms with Gasteiger partial charge in [-0.25, -0.2) is 18.2 Å². The van der Waals surface area contributed by atoms with Gasteiger partial charge in [0.25, 0.3) is 15.6 Å². The number of ether oxygens (including phenoxy) is 1. The molecule has 0 saturated heterocycles. The van der Waals surface area contributed by atoms with Gasteiger partial charge in [-0.3, -0.25) is 9.20 Å². The highest BCUT2D eigenvalue weighted by Crippen LogP contribution is 2.17. The molecule has 2 aliphatic rings. The summed E-state index contributed by atoms with van der Waals surface area (Å²) in [5.41, 5.74) is 0.791. The molecular formula is C17H14N4O5S. The van der Waals surface area contributed by atoms with Crippen molar-refractivity contribution in [1.82, 2.24) is 14.3 Å². The summed E-state index contributed by atoms with van der Waals surface area (Å²) in [7, 11) is -3.45. The maximum absolute atomic E-state index is 12.3. The van der Waals surface area contributed by atoms with Crippen molar-refractivity contribution in [2.75, 3.05) is 12.3 Å². The molecule has 0 atom stereocenters. The fourth-order valence-corrected chi connectivity index (χ4v) is 3.69. The molecule has 0 aliphatic carbocycles. The summed E-state index contributed by atoms with van der Waals surface area (Å²) in [6.45, 7) is 0.0608. The minimum absolute atomic E-state index is 0.117. The van der Waals surface area contributed by atoms with Crippen molar-refractivity contribution in [1.29, 1.82) is 0 Å². The van der Waals surface area contributed by atoms with Crippen LogP contribution in [0.5, 0.6) is 0 Å². The van der Waals surface area contributed by atoms with Crippen LogP contribution < -0.4 is 5.56 Å². The quantitative estimate of drug-likeness (QED) is 0.695. The molecule has 138 valence electrons. The number of esters is 1. The SMILES string of the molecule is O=C(OCc1cc(=O)n2ccccc2n1)C1=CN2CCS(=O)(=O)N=C2C=C1. The first-order valence-electron chi connectivity index (χ1n) is 8.05. The van der Waals surface area contributed by atoms with E-state index in [9.17, 15) is 18.0 Å². The van der Waals surface area contributed by atoms with E-state index in [1.807, 2.05) is 0 Å². The lowest BCUT2D eigenvalue weighted by molar-refractivity contribution is -0.140. The van der Waals surface area contributed by atoms with Crippen molar-refractivity contribution in [2.24, 2.45) is 4.40 Å². The maximum Gasteiger partial charge on any atom is 0.340 e. The van der Waals surface area contributed by atoms with E-state index in [1.165, 1.54) is 28.8 Å². The summed E-state index contributed by atoms with van der Waals surface area (Å²) in [4.78, 5) is 30.2. The first-order chi connectivity index (χ1) is 12.9. The van der Waals surface area contributed by atoms with E-state index in [2.05, 4.69) is 9.38 Å². The molecule has 2 aliphatic heterocycles. The van der Waals surface area contributed by atoms with Gasteiger partial charge in [-0.1, -0.05) is 6.07 Å². The van der Waals surface area contributed by atoms with Gasteiger partial charge in [0.05, 0.1) is 17.0 Å². The lowest BCUT2D eigenvalue weighted by Crippen LogP contribution is -2.37. The zero-order chi connectivity index (χ0) is 19.0. The number of sulfonamides is 1. The van der Waals surface area contributed by atoms with Gasteiger partial charge in [0.2, 0.25) is 0 Å². The van der Waals surface area contributed by atoms with Crippen molar-refractivity contribution in [3.05, 3.63) is 70.4 Å². The van der Waals surface area contributed by atoms with Crippen LogP contribution in [0.3, 0.4) is 0 Å². The summed E-state index contributed by atoms with van der Waals surface area (Å²) < 4.78 is 33.3. The van der Waals surface area contributed by atoms with Crippen LogP contribution in [0.25, 0.3) is 5.65 Å². The monoisotopic (exact) mass is 386 g/mol. The first kappa shape index (κ1) is 17.2. The van der Waals surface area contributed by atoms with Gasteiger partial charge in [-0.05, 0) is 24.3 Å². The van der Waals surface area contributed by atoms with E-state index >= 15 is 0 Å². The van der Waals surface area contributed by atoms with Crippen molar-refractivity contribution in [3.63, 3.8) is 0 Å². The number of hydrogen-bond acceptors (Lipinski definition) is 7. The van der Waals surface area contributed by atoms with Gasteiger partial charge in [0, 0.05) is 25.0 Å². The Labute approximate surface area is 154 Å². The Balaban J connectivity index is 1.49. The fourth-order valence-electron chi connectivity index (χ4n) is 2.72. The third kappa shape index (κ3) is 3.51. The molecule has 0 aromatic carbocycles. The summed E-state index contributed by atoms with van der Waals surface area (Å²) in [6, 6.07) is 6.48. The van der Waals surface area contributed by atoms with Gasteiger partial charge in [-0.15, -0.1) is 4.40 Å². The fraction of sp³-hybridized carbons (Fsp3) is 0.176. The Bertz CT molecular complexity index is 1190. The number of fused-ring (bicyclic) bond motifs is 2. The van der Waals surface area contributed by atoms with Crippen molar-refractivity contribution < 1.29 is 17.9 Å². The molecule has 4 heterocycles. The zero-order valence-electron chi connectivity index (χ0n) is 14.0. The number of rotatable bonds is 3. The van der Waals surface area contributed by atoms with Crippen LogP contribution in [0.4, 0.5) is 0 Å². The second-order valence-corrected chi connectivity index (χ2v) is 7.69. The summed E-state index contributed by atoms with van der Waals surface area (Å²) in [5, 5.41) is 0. The highest BCUT2D eigenvalue weighted by Gasteiger charge is 2.25. The number of amidine groups is 1. The molecule has 0 unspecified atom stereocenters. The Morgan fingerprint density at radius 2 is 2.11 bits per heavy atom. The highest BCUT2D eigenvalue weighted by molar-refractivity contribution is 7.90. The average molecular weight is 386 g/mol. The molecule has 10 heteroatoms. The molecule has 0 amide bonds. The minimum atomic E-state index is -3.45. The normalized spacial score (nSPS) is 17.9. The van der Waals surface area contributed by atoms with Crippen LogP contribution in [-0.4, -0.2) is 46.8 Å². The number of carbonyl (C=O) groups excluding carboxylic acids is 1. The van der Waals surface area contributed by atoms with Crippen LogP contribution in [0, 0.1) is 0 Å². The number of aromatic nitrogens is 2. The van der Waals surface area contributed by atoms with Gasteiger partial charge in [-0.2, -0.15) is 0 Å². The highest BCUT2D eigenvalue weighted by atomic mass is 32.2. The zero-order valence-corrected chi connectivity index (χ0v) is 14.8. The molecule has 4 rings (SSSR count). The second-order valence-electron chi connectivity index (χ2n) is 5.94. The van der Waals surface area contributed by atoms with Gasteiger partial charge in [0.1, 0.15) is 18.1 Å². The van der Waals surface area contributed by atoms with Crippen LogP contribution in [0.2, 0.25) is 0 Å². The van der Waals surface area contributed by atoms with E-state index < -0.39 is 16.0 Å². The second kappa shape index (κ2) is 6.47. The molecule has 0 N–H and O–H groups in total. The molecule has 9 nitrogen and oxygen atoms in total. The van der Waals surface area contributed by atoms with Crippen molar-refractivity contribution >= 4 is 27.5 Å². The third-order valence-electron chi connectivity index (χ3n) is 4.03. The number of pyridine rings is 1. The Hall–Kier alpha value is -3.27. The summed E-state index contributed by atoms with van der Waals surface area (Å²) in [6.07, 6.45) is 6.00. The predicted molar refractivity (Wildman–Crippen MR) is 96.4 cm³/mol. The van der Waals surface area contributed by atoms with Crippen LogP contribution in [-0.2, 0) is 26.2 Å². The van der Waals surface area contributed by atoms with E-state index in [4.69, 9.17) is 4.74 Å². The van der Waals surface area contributed by atoms with Gasteiger partial charge >= 0.3 is 5.97 Å². The van der Waals surface area contributed by atoms with Crippen molar-refractivity contribution in [3.8, 4) is 0 Å². The van der Waals surface area contributed by atoms with E-state index in [1.54, 1.807) is 29.3 Å². The molecule has 0 saturated carbocycles. The molecule has 0 radical (unpaired) electrons. The van der Waals surface area contributed by atoms with Crippen LogP contribution in [0.1, 0.15) is 5.69 Å². The summed E-state index contributed by atoms with van der Waals surface area (Å²) >= 11 is 0. The Morgan fingerprint density at radius 1 is 1.26 bits per heavy atom. The standard InChI is InChI=1S/C17H14N4O5S/c22-16-9-13(18-14-3-1-2-6-21(14)16)11-26-17(23)12-4-5-15-19-27(24,25)8-7-20(15)10-12/h1-6,9-10H,7-8,11H2. The smallest absolute Gasteiger partial charge is 0.340 e. The average Bonchev–Trinajstić information content (AvgIpc) is 2.65. The molecule has 2 aromatic rings. The largest absolute Gasteiger partial charge is 0.456 e. The van der Waals surface area contributed by atoms with Crippen LogP contribution >= 0.6 is 0 Å². The molecular weight excluding hydrogens is 372 g/mol. The maximum atomic E-state index is 12.3. The Kier molecular flexibility index (Phi) is 4.11. The molecule has 0 bridgehead atoms. The Morgan fingerprint density at radius 3 is 2.96 bits per heavy atom. The minimum Gasteiger partial charge on any atom is -0.456 e. The molecule has 0 fully saturated rings. The molecule has 0 spiro atoms. The predicted octanol–water partition coefficient (Wildman–Crippen LogP) is 0.235. The van der Waals surface area contributed by atoms with E-state index in [-0.39, 0.29) is 35.9 Å². The lowest BCUT2D eigenvalue weighted by atomic mass is 10.2. The number of hydrogen-bond donors (Lipinski definition) is 0. The molecule has 27 heavy (non-hydrogen) atoms. The topological polar surface area (TPSA) is 110 Å². The third-order valence-corrected chi connectivity index (χ3v) is 5.20. The van der Waals surface area contributed by atoms with Crippen LogP contribution in [0.15, 0.2) is 63.6 Å². The number of carbonyl (C=O) groups is 1. The molecule has 2 aromatic heterocycles. The summed E-state index contributed by atoms with van der Waals surface area (Å²) in [5.74, 6) is -0.454. The van der Waals surface area contributed by atoms with E-state index in [0.717, 1.165) is 0 Å². The van der Waals surface area contributed by atoms with Gasteiger partial charge < -0.3 is 9.64 Å². The lowest BCUT2D eigenvalue weighted by Gasteiger charge is -2.26.